The predicted octanol–water partition coefficient (Wildman–Crippen LogP) is 4.64. The highest BCUT2D eigenvalue weighted by molar-refractivity contribution is 6.03. The molecule has 0 fully saturated rings. The first-order valence-electron chi connectivity index (χ1n) is 10.8. The number of para-hydroxylation sites is 1. The molecule has 4 rings (SSSR count). The van der Waals surface area contributed by atoms with E-state index in [1.807, 2.05) is 61.5 Å². The second-order valence-corrected chi connectivity index (χ2v) is 7.88. The number of benzene rings is 2. The Hall–Kier alpha value is -3.38. The van der Waals surface area contributed by atoms with E-state index in [9.17, 15) is 9.59 Å². The molecule has 6 heteroatoms. The number of dihydropyridines is 1. The van der Waals surface area contributed by atoms with E-state index in [0.29, 0.717) is 35.6 Å². The third kappa shape index (κ3) is 4.60. The van der Waals surface area contributed by atoms with Gasteiger partial charge in [0.2, 0.25) is 0 Å². The lowest BCUT2D eigenvalue weighted by atomic mass is 9.75. The van der Waals surface area contributed by atoms with Gasteiger partial charge in [0.05, 0.1) is 12.2 Å². The van der Waals surface area contributed by atoms with Gasteiger partial charge in [-0.1, -0.05) is 30.3 Å². The second-order valence-electron chi connectivity index (χ2n) is 7.88. The lowest BCUT2D eigenvalue weighted by Crippen LogP contribution is -2.34. The molecule has 0 saturated carbocycles. The number of ketones is 1. The Morgan fingerprint density at radius 2 is 1.81 bits per heavy atom. The van der Waals surface area contributed by atoms with E-state index in [4.69, 9.17) is 14.2 Å². The maximum absolute atomic E-state index is 13.1. The molecule has 1 aliphatic heterocycles. The maximum atomic E-state index is 13.1. The molecule has 32 heavy (non-hydrogen) atoms. The fraction of sp³-hybridized carbons (Fsp3) is 0.308. The number of rotatable bonds is 7. The average molecular weight is 434 g/mol. The zero-order valence-corrected chi connectivity index (χ0v) is 18.4. The molecule has 166 valence electrons. The van der Waals surface area contributed by atoms with Gasteiger partial charge in [0.15, 0.2) is 5.78 Å². The molecule has 2 aromatic rings. The van der Waals surface area contributed by atoms with Gasteiger partial charge in [-0.15, -0.1) is 0 Å². The Morgan fingerprint density at radius 1 is 1.03 bits per heavy atom. The van der Waals surface area contributed by atoms with Crippen LogP contribution in [-0.4, -0.2) is 32.1 Å². The zero-order valence-electron chi connectivity index (χ0n) is 18.4. The van der Waals surface area contributed by atoms with Crippen LogP contribution in [0.5, 0.6) is 11.5 Å². The Balaban J connectivity index is 1.73. The van der Waals surface area contributed by atoms with Crippen LogP contribution >= 0.6 is 0 Å². The number of carbonyl (C=O) groups excluding carboxylic acids is 2. The first-order chi connectivity index (χ1) is 15.6. The van der Waals surface area contributed by atoms with Crippen molar-refractivity contribution in [2.45, 2.75) is 32.1 Å². The molecule has 1 aliphatic carbocycles. The Bertz CT molecular complexity index is 1070. The summed E-state index contributed by atoms with van der Waals surface area (Å²) >= 11 is 0. The first-order valence-corrected chi connectivity index (χ1v) is 10.8. The number of ether oxygens (including phenoxy) is 3. The highest BCUT2D eigenvalue weighted by atomic mass is 16.6. The Morgan fingerprint density at radius 3 is 2.59 bits per heavy atom. The molecule has 0 amide bonds. The number of allylic oxidation sites excluding steroid dienone is 3. The van der Waals surface area contributed by atoms with Crippen LogP contribution in [0.2, 0.25) is 0 Å². The van der Waals surface area contributed by atoms with Gasteiger partial charge in [0.25, 0.3) is 0 Å². The first kappa shape index (κ1) is 21.8. The van der Waals surface area contributed by atoms with E-state index in [0.717, 1.165) is 29.9 Å². The molecular formula is C26H27NO5. The van der Waals surface area contributed by atoms with Crippen LogP contribution in [0.25, 0.3) is 0 Å². The third-order valence-electron chi connectivity index (χ3n) is 5.69. The number of hydrogen-bond donors (Lipinski definition) is 1. The standard InChI is InChI=1S/C26H27NO5/c1-17-23(26(29)31-15-14-30-2)24(25-21(27-17)12-7-13-22(25)28)18-8-6-11-20(16-18)32-19-9-4-3-5-10-19/h3-6,8-11,16,24,27H,7,12-15H2,1-2H3/t24-/m0/s1. The lowest BCUT2D eigenvalue weighted by molar-refractivity contribution is -0.140. The van der Waals surface area contributed by atoms with Crippen LogP contribution in [0.15, 0.2) is 77.1 Å². The summed E-state index contributed by atoms with van der Waals surface area (Å²) in [6, 6.07) is 17.1. The largest absolute Gasteiger partial charge is 0.460 e. The molecule has 0 aromatic heterocycles. The topological polar surface area (TPSA) is 73.9 Å². The summed E-state index contributed by atoms with van der Waals surface area (Å²) in [5, 5.41) is 3.30. The molecule has 0 unspecified atom stereocenters. The molecule has 0 bridgehead atoms. The fourth-order valence-electron chi connectivity index (χ4n) is 4.26. The van der Waals surface area contributed by atoms with Crippen molar-refractivity contribution in [3.05, 3.63) is 82.7 Å². The Labute approximate surface area is 187 Å². The normalized spacial score (nSPS) is 18.2. The van der Waals surface area contributed by atoms with Crippen molar-refractivity contribution in [3.8, 4) is 11.5 Å². The molecule has 2 aliphatic rings. The van der Waals surface area contributed by atoms with E-state index in [1.165, 1.54) is 0 Å². The second kappa shape index (κ2) is 9.83. The lowest BCUT2D eigenvalue weighted by Gasteiger charge is -2.34. The number of carbonyl (C=O) groups is 2. The minimum Gasteiger partial charge on any atom is -0.460 e. The van der Waals surface area contributed by atoms with Crippen molar-refractivity contribution in [2.24, 2.45) is 0 Å². The summed E-state index contributed by atoms with van der Waals surface area (Å²) < 4.78 is 16.5. The number of nitrogens with one attached hydrogen (secondary N) is 1. The van der Waals surface area contributed by atoms with Crippen molar-refractivity contribution in [2.75, 3.05) is 20.3 Å². The van der Waals surface area contributed by atoms with Crippen LogP contribution in [0.1, 0.15) is 37.7 Å². The van der Waals surface area contributed by atoms with Gasteiger partial charge >= 0.3 is 5.97 Å². The highest BCUT2D eigenvalue weighted by Crippen LogP contribution is 2.43. The molecule has 0 spiro atoms. The Kier molecular flexibility index (Phi) is 6.71. The SMILES string of the molecule is COCCOC(=O)C1=C(C)NC2=C(C(=O)CCC2)[C@H]1c1cccc(Oc2ccccc2)c1. The zero-order chi connectivity index (χ0) is 22.5. The van der Waals surface area contributed by atoms with Gasteiger partial charge in [0, 0.05) is 36.4 Å². The van der Waals surface area contributed by atoms with Gasteiger partial charge in [-0.05, 0) is 49.6 Å². The van der Waals surface area contributed by atoms with E-state index >= 15 is 0 Å². The summed E-state index contributed by atoms with van der Waals surface area (Å²) in [6.07, 6.45) is 2.05. The molecule has 6 nitrogen and oxygen atoms in total. The summed E-state index contributed by atoms with van der Waals surface area (Å²) in [5.41, 5.74) is 3.52. The summed E-state index contributed by atoms with van der Waals surface area (Å²) in [4.78, 5) is 26.1. The number of methoxy groups -OCH3 is 1. The van der Waals surface area contributed by atoms with E-state index in [1.54, 1.807) is 7.11 Å². The van der Waals surface area contributed by atoms with Crippen LogP contribution < -0.4 is 10.1 Å². The fourth-order valence-corrected chi connectivity index (χ4v) is 4.26. The highest BCUT2D eigenvalue weighted by Gasteiger charge is 2.39. The molecule has 1 atom stereocenters. The molecule has 0 saturated heterocycles. The van der Waals surface area contributed by atoms with Crippen molar-refractivity contribution in [1.29, 1.82) is 0 Å². The predicted molar refractivity (Wildman–Crippen MR) is 120 cm³/mol. The summed E-state index contributed by atoms with van der Waals surface area (Å²) in [5.74, 6) is 0.467. The van der Waals surface area contributed by atoms with Crippen molar-refractivity contribution >= 4 is 11.8 Å². The van der Waals surface area contributed by atoms with Gasteiger partial charge in [-0.25, -0.2) is 4.79 Å². The van der Waals surface area contributed by atoms with Crippen molar-refractivity contribution in [1.82, 2.24) is 5.32 Å². The third-order valence-corrected chi connectivity index (χ3v) is 5.69. The minimum atomic E-state index is -0.506. The van der Waals surface area contributed by atoms with Gasteiger partial charge in [-0.3, -0.25) is 4.79 Å². The molecule has 2 aromatic carbocycles. The molecule has 0 radical (unpaired) electrons. The molecule has 1 heterocycles. The van der Waals surface area contributed by atoms with Crippen molar-refractivity contribution < 1.29 is 23.8 Å². The van der Waals surface area contributed by atoms with E-state index in [-0.39, 0.29) is 12.4 Å². The maximum Gasteiger partial charge on any atom is 0.336 e. The summed E-state index contributed by atoms with van der Waals surface area (Å²) in [7, 11) is 1.55. The molecular weight excluding hydrogens is 406 g/mol. The van der Waals surface area contributed by atoms with Gasteiger partial charge in [-0.2, -0.15) is 0 Å². The number of esters is 1. The van der Waals surface area contributed by atoms with E-state index < -0.39 is 11.9 Å². The minimum absolute atomic E-state index is 0.0628. The smallest absolute Gasteiger partial charge is 0.336 e. The van der Waals surface area contributed by atoms with E-state index in [2.05, 4.69) is 5.32 Å². The number of Topliss-reactive ketones (excluding diaryl/α,β-unsaturated/α-hetero) is 1. The van der Waals surface area contributed by atoms with Gasteiger partial charge in [0.1, 0.15) is 18.1 Å². The van der Waals surface area contributed by atoms with Crippen LogP contribution in [0.4, 0.5) is 0 Å². The van der Waals surface area contributed by atoms with Crippen LogP contribution in [0, 0.1) is 0 Å². The number of hydrogen-bond acceptors (Lipinski definition) is 6. The van der Waals surface area contributed by atoms with Crippen LogP contribution in [-0.2, 0) is 19.1 Å². The van der Waals surface area contributed by atoms with Crippen molar-refractivity contribution in [3.63, 3.8) is 0 Å². The monoisotopic (exact) mass is 433 g/mol. The summed E-state index contributed by atoms with van der Waals surface area (Å²) in [6.45, 7) is 2.31. The molecule has 1 N–H and O–H groups in total. The van der Waals surface area contributed by atoms with Crippen LogP contribution in [0.3, 0.4) is 0 Å². The average Bonchev–Trinajstić information content (AvgIpc) is 2.79. The quantitative estimate of drug-likeness (QED) is 0.507. The van der Waals surface area contributed by atoms with Gasteiger partial charge < -0.3 is 19.5 Å².